The number of fused-ring (bicyclic) bond motifs is 1. The number of aromatic nitrogens is 1. The van der Waals surface area contributed by atoms with Crippen LogP contribution in [0.3, 0.4) is 0 Å². The van der Waals surface area contributed by atoms with E-state index >= 15 is 0 Å². The number of hydrogen-bond donors (Lipinski definition) is 1. The Morgan fingerprint density at radius 2 is 2.20 bits per heavy atom. The van der Waals surface area contributed by atoms with Crippen LogP contribution in [0.25, 0.3) is 0 Å². The number of nitrogens with one attached hydrogen (secondary N) is 1. The smallest absolute Gasteiger partial charge is 0.230 e. The summed E-state index contributed by atoms with van der Waals surface area (Å²) in [6.45, 7) is 5.15. The maximum atomic E-state index is 12.4. The SMILES string of the molecule is CCN1CCc2nc(NC(=O)Cc3cc(OC)ccc3OC)sc2C1. The van der Waals surface area contributed by atoms with Crippen molar-refractivity contribution in [1.82, 2.24) is 9.88 Å². The molecule has 0 unspecified atom stereocenters. The Morgan fingerprint density at radius 1 is 1.36 bits per heavy atom. The van der Waals surface area contributed by atoms with Crippen molar-refractivity contribution in [2.75, 3.05) is 32.6 Å². The summed E-state index contributed by atoms with van der Waals surface area (Å²) in [7, 11) is 3.20. The molecular formula is C18H23N3O3S. The molecule has 3 rings (SSSR count). The van der Waals surface area contributed by atoms with Crippen molar-refractivity contribution < 1.29 is 14.3 Å². The molecular weight excluding hydrogens is 338 g/mol. The number of anilines is 1. The summed E-state index contributed by atoms with van der Waals surface area (Å²) < 4.78 is 10.6. The topological polar surface area (TPSA) is 63.7 Å². The largest absolute Gasteiger partial charge is 0.497 e. The average Bonchev–Trinajstić information content (AvgIpc) is 3.02. The quantitative estimate of drug-likeness (QED) is 0.857. The summed E-state index contributed by atoms with van der Waals surface area (Å²) in [4.78, 5) is 20.6. The molecule has 0 radical (unpaired) electrons. The van der Waals surface area contributed by atoms with E-state index in [4.69, 9.17) is 9.47 Å². The number of nitrogens with zero attached hydrogens (tertiary/aromatic N) is 2. The van der Waals surface area contributed by atoms with Crippen molar-refractivity contribution in [3.05, 3.63) is 34.3 Å². The summed E-state index contributed by atoms with van der Waals surface area (Å²) in [5, 5.41) is 3.60. The number of hydrogen-bond acceptors (Lipinski definition) is 6. The van der Waals surface area contributed by atoms with Gasteiger partial charge in [-0.05, 0) is 24.7 Å². The number of carbonyl (C=O) groups excluding carboxylic acids is 1. The second-order valence-corrected chi connectivity index (χ2v) is 6.99. The predicted octanol–water partition coefficient (Wildman–Crippen LogP) is 2.72. The summed E-state index contributed by atoms with van der Waals surface area (Å²) >= 11 is 1.57. The summed E-state index contributed by atoms with van der Waals surface area (Å²) in [6.07, 6.45) is 1.16. The zero-order chi connectivity index (χ0) is 17.8. The van der Waals surface area contributed by atoms with Gasteiger partial charge in [-0.1, -0.05) is 6.92 Å². The van der Waals surface area contributed by atoms with Gasteiger partial charge in [0.2, 0.25) is 5.91 Å². The molecule has 1 amide bonds. The van der Waals surface area contributed by atoms with Crippen LogP contribution >= 0.6 is 11.3 Å². The highest BCUT2D eigenvalue weighted by molar-refractivity contribution is 7.15. The van der Waals surface area contributed by atoms with Gasteiger partial charge < -0.3 is 14.8 Å². The van der Waals surface area contributed by atoms with Gasteiger partial charge in [-0.15, -0.1) is 11.3 Å². The number of carbonyl (C=O) groups is 1. The van der Waals surface area contributed by atoms with E-state index in [1.54, 1.807) is 25.6 Å². The van der Waals surface area contributed by atoms with Gasteiger partial charge in [-0.25, -0.2) is 4.98 Å². The maximum absolute atomic E-state index is 12.4. The molecule has 0 saturated heterocycles. The van der Waals surface area contributed by atoms with E-state index in [0.29, 0.717) is 16.6 Å². The van der Waals surface area contributed by atoms with E-state index in [2.05, 4.69) is 22.1 Å². The fraction of sp³-hybridized carbons (Fsp3) is 0.444. The van der Waals surface area contributed by atoms with Gasteiger partial charge in [-0.2, -0.15) is 0 Å². The van der Waals surface area contributed by atoms with Crippen molar-refractivity contribution in [3.8, 4) is 11.5 Å². The van der Waals surface area contributed by atoms with Crippen molar-refractivity contribution in [2.24, 2.45) is 0 Å². The number of rotatable bonds is 6. The van der Waals surface area contributed by atoms with Crippen molar-refractivity contribution in [1.29, 1.82) is 0 Å². The second kappa shape index (κ2) is 7.84. The molecule has 1 N–H and O–H groups in total. The second-order valence-electron chi connectivity index (χ2n) is 5.91. The lowest BCUT2D eigenvalue weighted by atomic mass is 10.1. The summed E-state index contributed by atoms with van der Waals surface area (Å²) in [6, 6.07) is 5.45. The first-order chi connectivity index (χ1) is 12.1. The van der Waals surface area contributed by atoms with E-state index in [0.717, 1.165) is 37.3 Å². The Morgan fingerprint density at radius 3 is 2.92 bits per heavy atom. The molecule has 2 aromatic rings. The molecule has 0 spiro atoms. The van der Waals surface area contributed by atoms with E-state index in [9.17, 15) is 4.79 Å². The van der Waals surface area contributed by atoms with Crippen molar-refractivity contribution >= 4 is 22.4 Å². The molecule has 1 aromatic heterocycles. The van der Waals surface area contributed by atoms with Gasteiger partial charge >= 0.3 is 0 Å². The molecule has 1 aliphatic heterocycles. The lowest BCUT2D eigenvalue weighted by Crippen LogP contribution is -2.29. The molecule has 0 saturated carbocycles. The molecule has 6 nitrogen and oxygen atoms in total. The van der Waals surface area contributed by atoms with Crippen LogP contribution in [-0.4, -0.2) is 43.1 Å². The zero-order valence-corrected chi connectivity index (χ0v) is 15.6. The number of benzene rings is 1. The minimum absolute atomic E-state index is 0.106. The molecule has 1 aliphatic rings. The fourth-order valence-electron chi connectivity index (χ4n) is 2.93. The average molecular weight is 361 g/mol. The Bertz CT molecular complexity index is 760. The van der Waals surface area contributed by atoms with Crippen LogP contribution in [0, 0.1) is 0 Å². The van der Waals surface area contributed by atoms with Gasteiger partial charge in [0, 0.05) is 30.0 Å². The predicted molar refractivity (Wildman–Crippen MR) is 98.6 cm³/mol. The van der Waals surface area contributed by atoms with Gasteiger partial charge in [0.25, 0.3) is 0 Å². The van der Waals surface area contributed by atoms with Crippen LogP contribution in [0.2, 0.25) is 0 Å². The van der Waals surface area contributed by atoms with Crippen LogP contribution in [0.1, 0.15) is 23.1 Å². The van der Waals surface area contributed by atoms with Crippen LogP contribution in [-0.2, 0) is 24.2 Å². The van der Waals surface area contributed by atoms with Crippen LogP contribution in [0.5, 0.6) is 11.5 Å². The highest BCUT2D eigenvalue weighted by atomic mass is 32.1. The Kier molecular flexibility index (Phi) is 5.55. The van der Waals surface area contributed by atoms with E-state index in [-0.39, 0.29) is 12.3 Å². The zero-order valence-electron chi connectivity index (χ0n) is 14.8. The molecule has 7 heteroatoms. The van der Waals surface area contributed by atoms with E-state index in [1.807, 2.05) is 18.2 Å². The third-order valence-corrected chi connectivity index (χ3v) is 5.34. The van der Waals surface area contributed by atoms with Crippen molar-refractivity contribution in [2.45, 2.75) is 26.3 Å². The van der Waals surface area contributed by atoms with Crippen LogP contribution < -0.4 is 14.8 Å². The minimum Gasteiger partial charge on any atom is -0.497 e. The summed E-state index contributed by atoms with van der Waals surface area (Å²) in [5.41, 5.74) is 1.90. The molecule has 0 bridgehead atoms. The number of amides is 1. The number of thiazole rings is 1. The summed E-state index contributed by atoms with van der Waals surface area (Å²) in [5.74, 6) is 1.27. The Labute approximate surface area is 151 Å². The molecule has 0 fully saturated rings. The first-order valence-electron chi connectivity index (χ1n) is 8.34. The van der Waals surface area contributed by atoms with Crippen LogP contribution in [0.4, 0.5) is 5.13 Å². The van der Waals surface area contributed by atoms with Gasteiger partial charge in [0.1, 0.15) is 11.5 Å². The van der Waals surface area contributed by atoms with Crippen molar-refractivity contribution in [3.63, 3.8) is 0 Å². The molecule has 1 aromatic carbocycles. The highest BCUT2D eigenvalue weighted by Gasteiger charge is 2.20. The lowest BCUT2D eigenvalue weighted by Gasteiger charge is -2.23. The monoisotopic (exact) mass is 361 g/mol. The Hall–Kier alpha value is -2.12. The Balaban J connectivity index is 1.68. The third-order valence-electron chi connectivity index (χ3n) is 4.34. The molecule has 0 atom stereocenters. The molecule has 25 heavy (non-hydrogen) atoms. The normalized spacial score (nSPS) is 14.0. The lowest BCUT2D eigenvalue weighted by molar-refractivity contribution is -0.115. The van der Waals surface area contributed by atoms with Crippen LogP contribution in [0.15, 0.2) is 18.2 Å². The third kappa shape index (κ3) is 4.11. The molecule has 0 aliphatic carbocycles. The molecule has 134 valence electrons. The highest BCUT2D eigenvalue weighted by Crippen LogP contribution is 2.29. The van der Waals surface area contributed by atoms with Gasteiger partial charge in [0.15, 0.2) is 5.13 Å². The first kappa shape index (κ1) is 17.7. The maximum Gasteiger partial charge on any atom is 0.230 e. The molecule has 2 heterocycles. The minimum atomic E-state index is -0.106. The fourth-order valence-corrected chi connectivity index (χ4v) is 3.99. The van der Waals surface area contributed by atoms with Gasteiger partial charge in [0.05, 0.1) is 26.3 Å². The number of methoxy groups -OCH3 is 2. The van der Waals surface area contributed by atoms with Gasteiger partial charge in [-0.3, -0.25) is 9.69 Å². The standard InChI is InChI=1S/C18H23N3O3S/c1-4-21-8-7-14-16(11-21)25-18(19-14)20-17(22)10-12-9-13(23-2)5-6-15(12)24-3/h5-6,9H,4,7-8,10-11H2,1-3H3,(H,19,20,22). The van der Waals surface area contributed by atoms with E-state index in [1.165, 1.54) is 4.88 Å². The van der Waals surface area contributed by atoms with E-state index < -0.39 is 0 Å². The number of likely N-dealkylation sites (N-methyl/N-ethyl adjacent to an activating group) is 1. The number of ether oxygens (including phenoxy) is 2. The first-order valence-corrected chi connectivity index (χ1v) is 9.16.